The summed E-state index contributed by atoms with van der Waals surface area (Å²) >= 11 is 0. The number of amides is 1. The molecule has 10 heteroatoms. The number of pyridine rings is 1. The van der Waals surface area contributed by atoms with Gasteiger partial charge in [0.1, 0.15) is 22.5 Å². The highest BCUT2D eigenvalue weighted by Crippen LogP contribution is 2.28. The molecule has 0 bridgehead atoms. The number of aromatic nitrogens is 1. The number of nitrogens with one attached hydrogen (secondary N) is 1. The van der Waals surface area contributed by atoms with E-state index in [-0.39, 0.29) is 12.3 Å². The van der Waals surface area contributed by atoms with Crippen molar-refractivity contribution in [3.63, 3.8) is 0 Å². The molecule has 152 valence electrons. The van der Waals surface area contributed by atoms with Crippen molar-refractivity contribution in [3.8, 4) is 5.75 Å². The Morgan fingerprint density at radius 3 is 2.57 bits per heavy atom. The van der Waals surface area contributed by atoms with Gasteiger partial charge in [0, 0.05) is 25.0 Å². The van der Waals surface area contributed by atoms with Crippen LogP contribution in [0, 0.1) is 11.7 Å². The SMILES string of the molecule is COc1ccc(S(=O)(=O)N(Cc2cccnc2)[C@@H](C(=O)NO)C(C)C)c(F)c1. The van der Waals surface area contributed by atoms with Crippen LogP contribution in [0.15, 0.2) is 47.6 Å². The van der Waals surface area contributed by atoms with Crippen LogP contribution in [-0.4, -0.2) is 42.0 Å². The van der Waals surface area contributed by atoms with Crippen LogP contribution in [0.25, 0.3) is 0 Å². The van der Waals surface area contributed by atoms with E-state index >= 15 is 0 Å². The Morgan fingerprint density at radius 1 is 1.36 bits per heavy atom. The van der Waals surface area contributed by atoms with E-state index < -0.39 is 38.6 Å². The van der Waals surface area contributed by atoms with Crippen molar-refractivity contribution in [2.45, 2.75) is 31.3 Å². The second-order valence-corrected chi connectivity index (χ2v) is 8.23. The van der Waals surface area contributed by atoms with E-state index in [0.717, 1.165) is 16.4 Å². The molecule has 0 fully saturated rings. The topological polar surface area (TPSA) is 109 Å². The van der Waals surface area contributed by atoms with Crippen LogP contribution >= 0.6 is 0 Å². The standard InChI is InChI=1S/C18H22FN3O5S/c1-12(2)17(18(23)21-24)22(11-13-5-4-8-20-10-13)28(25,26)16-7-6-14(27-3)9-15(16)19/h4-10,12,17,24H,11H2,1-3H3,(H,21,23)/t17-/m1/s1. The predicted octanol–water partition coefficient (Wildman–Crippen LogP) is 1.95. The molecule has 1 heterocycles. The molecule has 1 aromatic heterocycles. The second kappa shape index (κ2) is 9.09. The van der Waals surface area contributed by atoms with Gasteiger partial charge in [-0.3, -0.25) is 15.0 Å². The summed E-state index contributed by atoms with van der Waals surface area (Å²) in [6.07, 6.45) is 2.97. The molecule has 1 amide bonds. The number of carbonyl (C=O) groups excluding carboxylic acids is 1. The van der Waals surface area contributed by atoms with Gasteiger partial charge in [-0.1, -0.05) is 19.9 Å². The number of benzene rings is 1. The van der Waals surface area contributed by atoms with Gasteiger partial charge in [-0.15, -0.1) is 0 Å². The zero-order valence-corrected chi connectivity index (χ0v) is 16.5. The molecular formula is C18H22FN3O5S. The Kier molecular flexibility index (Phi) is 7.05. The van der Waals surface area contributed by atoms with E-state index in [1.54, 1.807) is 26.0 Å². The molecular weight excluding hydrogens is 389 g/mol. The maximum Gasteiger partial charge on any atom is 0.262 e. The van der Waals surface area contributed by atoms with Gasteiger partial charge in [-0.05, 0) is 29.7 Å². The maximum absolute atomic E-state index is 14.5. The molecule has 1 aromatic carbocycles. The molecule has 2 rings (SSSR count). The Hall–Kier alpha value is -2.56. The summed E-state index contributed by atoms with van der Waals surface area (Å²) in [4.78, 5) is 15.6. The molecule has 1 atom stereocenters. The first-order valence-corrected chi connectivity index (χ1v) is 9.84. The Labute approximate surface area is 163 Å². The monoisotopic (exact) mass is 411 g/mol. The number of hydrogen-bond donors (Lipinski definition) is 2. The molecule has 0 aliphatic rings. The third-order valence-corrected chi connectivity index (χ3v) is 5.97. The number of ether oxygens (including phenoxy) is 1. The number of halogens is 1. The first kappa shape index (κ1) is 21.7. The van der Waals surface area contributed by atoms with Gasteiger partial charge < -0.3 is 4.74 Å². The summed E-state index contributed by atoms with van der Waals surface area (Å²) in [5.41, 5.74) is 1.99. The van der Waals surface area contributed by atoms with E-state index in [4.69, 9.17) is 9.94 Å². The lowest BCUT2D eigenvalue weighted by atomic mass is 10.0. The molecule has 0 radical (unpaired) electrons. The average Bonchev–Trinajstić information content (AvgIpc) is 2.67. The minimum Gasteiger partial charge on any atom is -0.497 e. The Morgan fingerprint density at radius 2 is 2.07 bits per heavy atom. The molecule has 0 saturated heterocycles. The summed E-state index contributed by atoms with van der Waals surface area (Å²) in [6.45, 7) is 3.00. The van der Waals surface area contributed by atoms with Crippen LogP contribution in [0.3, 0.4) is 0 Å². The van der Waals surface area contributed by atoms with Crippen LogP contribution in [0.5, 0.6) is 5.75 Å². The second-order valence-electron chi connectivity index (χ2n) is 6.37. The van der Waals surface area contributed by atoms with Crippen LogP contribution < -0.4 is 10.2 Å². The molecule has 0 aliphatic heterocycles. The first-order chi connectivity index (χ1) is 13.2. The summed E-state index contributed by atoms with van der Waals surface area (Å²) in [6, 6.07) is 5.31. The van der Waals surface area contributed by atoms with Crippen molar-refractivity contribution in [2.75, 3.05) is 7.11 Å². The normalized spacial score (nSPS) is 12.8. The quantitative estimate of drug-likeness (QED) is 0.508. The van der Waals surface area contributed by atoms with E-state index in [0.29, 0.717) is 5.56 Å². The molecule has 0 saturated carbocycles. The fourth-order valence-electron chi connectivity index (χ4n) is 2.78. The van der Waals surface area contributed by atoms with Gasteiger partial charge in [0.2, 0.25) is 10.0 Å². The summed E-state index contributed by atoms with van der Waals surface area (Å²) in [5.74, 6) is -2.29. The number of sulfonamides is 1. The van der Waals surface area contributed by atoms with Crippen LogP contribution in [0.4, 0.5) is 4.39 Å². The van der Waals surface area contributed by atoms with Crippen molar-refractivity contribution >= 4 is 15.9 Å². The fourth-order valence-corrected chi connectivity index (χ4v) is 4.54. The van der Waals surface area contributed by atoms with Crippen LogP contribution in [0.2, 0.25) is 0 Å². The zero-order chi connectivity index (χ0) is 20.9. The lowest BCUT2D eigenvalue weighted by Gasteiger charge is -2.32. The summed E-state index contributed by atoms with van der Waals surface area (Å²) in [5, 5.41) is 9.10. The molecule has 28 heavy (non-hydrogen) atoms. The van der Waals surface area contributed by atoms with E-state index in [9.17, 15) is 17.6 Å². The first-order valence-electron chi connectivity index (χ1n) is 8.40. The third kappa shape index (κ3) is 4.64. The van der Waals surface area contributed by atoms with E-state index in [1.807, 2.05) is 0 Å². The molecule has 8 nitrogen and oxygen atoms in total. The minimum atomic E-state index is -4.45. The van der Waals surface area contributed by atoms with Crippen molar-refractivity contribution in [3.05, 3.63) is 54.1 Å². The molecule has 0 spiro atoms. The average molecular weight is 411 g/mol. The lowest BCUT2D eigenvalue weighted by molar-refractivity contribution is -0.134. The number of hydrogen-bond acceptors (Lipinski definition) is 6. The van der Waals surface area contributed by atoms with Gasteiger partial charge >= 0.3 is 0 Å². The Balaban J connectivity index is 2.60. The molecule has 2 aromatic rings. The number of hydroxylamine groups is 1. The minimum absolute atomic E-state index is 0.156. The maximum atomic E-state index is 14.5. The van der Waals surface area contributed by atoms with Crippen molar-refractivity contribution in [1.29, 1.82) is 0 Å². The van der Waals surface area contributed by atoms with Gasteiger partial charge in [0.15, 0.2) is 0 Å². The fraction of sp³-hybridized carbons (Fsp3) is 0.333. The molecule has 0 aliphatic carbocycles. The third-order valence-electron chi connectivity index (χ3n) is 4.11. The van der Waals surface area contributed by atoms with Gasteiger partial charge in [-0.2, -0.15) is 4.31 Å². The van der Waals surface area contributed by atoms with Crippen LogP contribution in [-0.2, 0) is 21.4 Å². The smallest absolute Gasteiger partial charge is 0.262 e. The zero-order valence-electron chi connectivity index (χ0n) is 15.7. The summed E-state index contributed by atoms with van der Waals surface area (Å²) in [7, 11) is -3.12. The highest BCUT2D eigenvalue weighted by molar-refractivity contribution is 7.89. The predicted molar refractivity (Wildman–Crippen MR) is 98.5 cm³/mol. The summed E-state index contributed by atoms with van der Waals surface area (Å²) < 4.78 is 46.9. The van der Waals surface area contributed by atoms with Gasteiger partial charge in [-0.25, -0.2) is 18.3 Å². The van der Waals surface area contributed by atoms with Crippen molar-refractivity contribution in [1.82, 2.24) is 14.8 Å². The Bertz CT molecular complexity index is 922. The highest BCUT2D eigenvalue weighted by atomic mass is 32.2. The number of rotatable bonds is 8. The van der Waals surface area contributed by atoms with Crippen molar-refractivity contribution in [2.24, 2.45) is 5.92 Å². The van der Waals surface area contributed by atoms with Crippen LogP contribution in [0.1, 0.15) is 19.4 Å². The number of nitrogens with zero attached hydrogens (tertiary/aromatic N) is 2. The van der Waals surface area contributed by atoms with Crippen molar-refractivity contribution < 1.29 is 27.5 Å². The molecule has 0 unspecified atom stereocenters. The number of carbonyl (C=O) groups is 1. The lowest BCUT2D eigenvalue weighted by Crippen LogP contribution is -2.51. The molecule has 2 N–H and O–H groups in total. The van der Waals surface area contributed by atoms with Gasteiger partial charge in [0.25, 0.3) is 5.91 Å². The van der Waals surface area contributed by atoms with Gasteiger partial charge in [0.05, 0.1) is 7.11 Å². The highest BCUT2D eigenvalue weighted by Gasteiger charge is 2.39. The number of methoxy groups -OCH3 is 1. The van der Waals surface area contributed by atoms with E-state index in [1.165, 1.54) is 31.0 Å². The largest absolute Gasteiger partial charge is 0.497 e. The van der Waals surface area contributed by atoms with E-state index in [2.05, 4.69) is 4.98 Å².